The van der Waals surface area contributed by atoms with Gasteiger partial charge < -0.3 is 4.98 Å². The predicted molar refractivity (Wildman–Crippen MR) is 154 cm³/mol. The monoisotopic (exact) mass is 520 g/mol. The van der Waals surface area contributed by atoms with Crippen molar-refractivity contribution in [2.45, 2.75) is 0 Å². The molecule has 0 saturated carbocycles. The number of hydrogen-bond acceptors (Lipinski definition) is 3. The Morgan fingerprint density at radius 1 is 0.568 bits per heavy atom. The predicted octanol–water partition coefficient (Wildman–Crippen LogP) is 3.07. The summed E-state index contributed by atoms with van der Waals surface area (Å²) in [6.45, 7) is 0. The molecule has 6 aromatic rings. The lowest BCUT2D eigenvalue weighted by Crippen LogP contribution is -2.37. The molecule has 0 aliphatic rings. The van der Waals surface area contributed by atoms with E-state index in [9.17, 15) is 9.59 Å². The van der Waals surface area contributed by atoms with Gasteiger partial charge in [0.2, 0.25) is 0 Å². The molecule has 6 nitrogen and oxygen atoms in total. The molecular weight excluding hydrogens is 498 g/mol. The first-order valence-electron chi connectivity index (χ1n) is 11.8. The third kappa shape index (κ3) is 4.46. The lowest BCUT2D eigenvalue weighted by Gasteiger charge is -2.19. The van der Waals surface area contributed by atoms with E-state index >= 15 is 0 Å². The smallest absolute Gasteiger partial charge is 0.332 e. The van der Waals surface area contributed by atoms with Gasteiger partial charge in [0, 0.05) is 18.5 Å². The molecule has 4 aromatic carbocycles. The average Bonchev–Trinajstić information content (AvgIpc) is 3.37. The van der Waals surface area contributed by atoms with E-state index < -0.39 is 21.7 Å². The number of benzene rings is 4. The van der Waals surface area contributed by atoms with Gasteiger partial charge in [0.05, 0.1) is 8.07 Å². The molecule has 2 heterocycles. The number of nitrogens with zero attached hydrogens (tertiary/aromatic N) is 2. The summed E-state index contributed by atoms with van der Waals surface area (Å²) in [6.07, 6.45) is 0. The maximum absolute atomic E-state index is 13.9. The molecular formula is C29H22N4O2P2. The van der Waals surface area contributed by atoms with Gasteiger partial charge in [-0.25, -0.2) is 14.1 Å². The molecule has 0 atom stereocenters. The van der Waals surface area contributed by atoms with Gasteiger partial charge in [-0.1, -0.05) is 121 Å². The van der Waals surface area contributed by atoms with Crippen LogP contribution in [0.15, 0.2) is 131 Å². The van der Waals surface area contributed by atoms with Crippen molar-refractivity contribution in [3.05, 3.63) is 142 Å². The first-order valence-corrected chi connectivity index (χ1v) is 14.4. The topological polar surface area (TPSA) is 83.5 Å². The van der Waals surface area contributed by atoms with Crippen molar-refractivity contribution in [2.24, 2.45) is 0 Å². The zero-order chi connectivity index (χ0) is 25.2. The summed E-state index contributed by atoms with van der Waals surface area (Å²) in [5.41, 5.74) is 0.382. The van der Waals surface area contributed by atoms with E-state index in [4.69, 9.17) is 4.98 Å². The van der Waals surface area contributed by atoms with Gasteiger partial charge in [0.1, 0.15) is 5.57 Å². The number of fused-ring (bicyclic) bond motifs is 1. The second-order valence-corrected chi connectivity index (χ2v) is 12.5. The molecule has 6 rings (SSSR count). The van der Waals surface area contributed by atoms with Crippen LogP contribution in [0.4, 0.5) is 0 Å². The van der Waals surface area contributed by atoms with E-state index in [0.29, 0.717) is 11.1 Å². The fraction of sp³-hybridized carbons (Fsp3) is 0. The molecule has 37 heavy (non-hydrogen) atoms. The van der Waals surface area contributed by atoms with Crippen LogP contribution in [0.5, 0.6) is 0 Å². The molecule has 0 radical (unpaired) electrons. The van der Waals surface area contributed by atoms with Crippen LogP contribution in [0.2, 0.25) is 0 Å². The lowest BCUT2D eigenvalue weighted by molar-refractivity contribution is 0.997. The van der Waals surface area contributed by atoms with Gasteiger partial charge in [0.25, 0.3) is 5.56 Å². The molecule has 0 aliphatic carbocycles. The minimum Gasteiger partial charge on any atom is -0.332 e. The highest BCUT2D eigenvalue weighted by Crippen LogP contribution is 2.34. The summed E-state index contributed by atoms with van der Waals surface area (Å²) in [5, 5.41) is 4.01. The summed E-state index contributed by atoms with van der Waals surface area (Å²) in [7, 11) is -2.50. The van der Waals surface area contributed by atoms with Gasteiger partial charge in [-0.2, -0.15) is 0 Å². The Morgan fingerprint density at radius 3 is 1.46 bits per heavy atom. The Kier molecular flexibility index (Phi) is 6.36. The molecule has 0 aliphatic heterocycles. The van der Waals surface area contributed by atoms with E-state index in [-0.39, 0.29) is 11.2 Å². The first-order chi connectivity index (χ1) is 18.2. The quantitative estimate of drug-likeness (QED) is 0.331. The van der Waals surface area contributed by atoms with E-state index in [1.165, 1.54) is 4.34 Å². The van der Waals surface area contributed by atoms with Gasteiger partial charge in [0.15, 0.2) is 11.2 Å². The highest BCUT2D eigenvalue weighted by Gasteiger charge is 2.25. The van der Waals surface area contributed by atoms with E-state index in [1.807, 2.05) is 97.1 Å². The van der Waals surface area contributed by atoms with Crippen molar-refractivity contribution < 1.29 is 0 Å². The zero-order valence-electron chi connectivity index (χ0n) is 19.7. The summed E-state index contributed by atoms with van der Waals surface area (Å²) >= 11 is 0. The molecule has 180 valence electrons. The first kappa shape index (κ1) is 23.3. The van der Waals surface area contributed by atoms with E-state index in [2.05, 4.69) is 34.2 Å². The Hall–Kier alpha value is -4.11. The van der Waals surface area contributed by atoms with Crippen LogP contribution < -0.4 is 38.0 Å². The average molecular weight is 520 g/mol. The van der Waals surface area contributed by atoms with Crippen molar-refractivity contribution in [1.82, 2.24) is 19.3 Å². The Balaban J connectivity index is 1.56. The normalized spacial score (nSPS) is 11.4. The van der Waals surface area contributed by atoms with Gasteiger partial charge >= 0.3 is 5.69 Å². The van der Waals surface area contributed by atoms with Crippen LogP contribution in [0.3, 0.4) is 0 Å². The molecule has 2 N–H and O–H groups in total. The largest absolute Gasteiger partial charge is 0.334 e. The van der Waals surface area contributed by atoms with Crippen LogP contribution in [-0.4, -0.2) is 19.3 Å². The third-order valence-corrected chi connectivity index (χ3v) is 10.6. The molecule has 0 unspecified atom stereocenters. The standard InChI is InChI=1S/C29H22N4O2P2/c34-27-25-26(31-28(30-25)36(21-13-5-1-6-14-21)22-15-7-2-8-16-22)32-29(35)33(27)37(23-17-9-3-10-18-23)24-19-11-4-12-20-24/h1-20H,(H,30,31)(H,32,35). The maximum atomic E-state index is 13.9. The Morgan fingerprint density at radius 2 is 1.00 bits per heavy atom. The summed E-state index contributed by atoms with van der Waals surface area (Å²) in [5.74, 6) is 0. The number of nitrogens with one attached hydrogen (secondary N) is 2. The fourth-order valence-electron chi connectivity index (χ4n) is 4.31. The molecule has 0 spiro atoms. The summed E-state index contributed by atoms with van der Waals surface area (Å²) < 4.78 is 1.34. The van der Waals surface area contributed by atoms with E-state index in [1.54, 1.807) is 0 Å². The van der Waals surface area contributed by atoms with Crippen LogP contribution in [0.1, 0.15) is 0 Å². The minimum atomic E-state index is -1.44. The van der Waals surface area contributed by atoms with Gasteiger partial charge in [-0.3, -0.25) is 9.78 Å². The van der Waals surface area contributed by atoms with Crippen molar-refractivity contribution in [1.29, 1.82) is 0 Å². The van der Waals surface area contributed by atoms with Crippen LogP contribution in [-0.2, 0) is 0 Å². The van der Waals surface area contributed by atoms with E-state index in [0.717, 1.165) is 21.2 Å². The number of rotatable bonds is 6. The van der Waals surface area contributed by atoms with Gasteiger partial charge in [-0.15, -0.1) is 0 Å². The van der Waals surface area contributed by atoms with Crippen LogP contribution in [0.25, 0.3) is 11.2 Å². The minimum absolute atomic E-state index is 0.275. The number of H-pyrrole nitrogens is 2. The molecule has 0 bridgehead atoms. The SMILES string of the molecule is O=c1[nH]c2nc(P(c3ccccc3)c3ccccc3)[nH]c2c(=O)n1P(c1ccccc1)c1ccccc1. The van der Waals surface area contributed by atoms with Crippen molar-refractivity contribution >= 4 is 53.9 Å². The third-order valence-electron chi connectivity index (χ3n) is 5.96. The van der Waals surface area contributed by atoms with Gasteiger partial charge in [-0.05, 0) is 10.6 Å². The second kappa shape index (κ2) is 10.1. The highest BCUT2D eigenvalue weighted by molar-refractivity contribution is 7.79. The number of imidazole rings is 1. The van der Waals surface area contributed by atoms with Crippen molar-refractivity contribution in [3.63, 3.8) is 0 Å². The van der Waals surface area contributed by atoms with Crippen molar-refractivity contribution in [2.75, 3.05) is 0 Å². The lowest BCUT2D eigenvalue weighted by atomic mass is 10.4. The molecule has 8 heteroatoms. The number of aromatic amines is 2. The second-order valence-electron chi connectivity index (χ2n) is 8.32. The molecule has 0 amide bonds. The summed E-state index contributed by atoms with van der Waals surface area (Å²) in [6, 6.07) is 39.6. The van der Waals surface area contributed by atoms with Crippen molar-refractivity contribution in [3.8, 4) is 0 Å². The maximum Gasteiger partial charge on any atom is 0.334 e. The zero-order valence-corrected chi connectivity index (χ0v) is 21.4. The highest BCUT2D eigenvalue weighted by atomic mass is 31.1. The molecule has 0 saturated heterocycles. The molecule has 0 fully saturated rings. The molecule has 2 aromatic heterocycles. The fourth-order valence-corrected chi connectivity index (χ4v) is 8.65. The number of hydrogen-bond donors (Lipinski definition) is 2. The van der Waals surface area contributed by atoms with Crippen LogP contribution in [0, 0.1) is 0 Å². The summed E-state index contributed by atoms with van der Waals surface area (Å²) in [4.78, 5) is 38.3. The number of aromatic nitrogens is 4. The Labute approximate surface area is 215 Å². The van der Waals surface area contributed by atoms with Crippen LogP contribution >= 0.6 is 16.0 Å². The Bertz CT molecular complexity index is 1690.